The van der Waals surface area contributed by atoms with Gasteiger partial charge < -0.3 is 10.6 Å². The molecule has 0 saturated heterocycles. The van der Waals surface area contributed by atoms with Gasteiger partial charge in [0, 0.05) is 23.0 Å². The summed E-state index contributed by atoms with van der Waals surface area (Å²) in [6, 6.07) is 9.72. The molecule has 30 heavy (non-hydrogen) atoms. The molecular formula is C21H21F3N4OSi. The highest BCUT2D eigenvalue weighted by Gasteiger charge is 2.27. The first-order valence-electron chi connectivity index (χ1n) is 9.22. The number of fused-ring (bicyclic) bond motifs is 1. The highest BCUT2D eigenvalue weighted by atomic mass is 28.3. The Balaban J connectivity index is 1.81. The summed E-state index contributed by atoms with van der Waals surface area (Å²) in [5, 5.41) is 4.19. The predicted molar refractivity (Wildman–Crippen MR) is 114 cm³/mol. The van der Waals surface area contributed by atoms with E-state index in [1.165, 1.54) is 0 Å². The summed E-state index contributed by atoms with van der Waals surface area (Å²) in [7, 11) is -1.48. The lowest BCUT2D eigenvalue weighted by atomic mass is 10.1. The lowest BCUT2D eigenvalue weighted by molar-refractivity contribution is -0.122. The van der Waals surface area contributed by atoms with Crippen LogP contribution in [0.1, 0.15) is 5.56 Å². The molecule has 0 fully saturated rings. The van der Waals surface area contributed by atoms with Crippen molar-refractivity contribution in [3.8, 4) is 22.7 Å². The zero-order valence-corrected chi connectivity index (χ0v) is 17.8. The lowest BCUT2D eigenvalue weighted by Gasteiger charge is -2.10. The first kappa shape index (κ1) is 21.5. The topological polar surface area (TPSA) is 58.4 Å². The second-order valence-electron chi connectivity index (χ2n) is 7.79. The van der Waals surface area contributed by atoms with E-state index in [4.69, 9.17) is 0 Å². The van der Waals surface area contributed by atoms with Gasteiger partial charge in [-0.15, -0.1) is 5.54 Å². The standard InChI is InChI=1S/C21H21F3N4OSi/c1-30(2,3)10-8-15-7-9-28-18(13-25-19(28)11-15)16-5-4-6-17(12-16)27-20(29)26-14-21(22,23)24/h4-7,9,11-13H,14H2,1-3H3,(H2,26,27,29). The zero-order chi connectivity index (χ0) is 21.9. The average Bonchev–Trinajstić information content (AvgIpc) is 3.07. The van der Waals surface area contributed by atoms with Gasteiger partial charge in [0.2, 0.25) is 0 Å². The highest BCUT2D eigenvalue weighted by Crippen LogP contribution is 2.24. The van der Waals surface area contributed by atoms with Crippen LogP contribution in [0.15, 0.2) is 48.8 Å². The number of alkyl halides is 3. The molecule has 0 saturated carbocycles. The van der Waals surface area contributed by atoms with Crippen molar-refractivity contribution < 1.29 is 18.0 Å². The van der Waals surface area contributed by atoms with Crippen molar-refractivity contribution in [1.29, 1.82) is 0 Å². The van der Waals surface area contributed by atoms with Crippen molar-refractivity contribution in [3.05, 3.63) is 54.4 Å². The van der Waals surface area contributed by atoms with Gasteiger partial charge in [0.05, 0.1) is 11.9 Å². The molecule has 0 atom stereocenters. The Bertz CT molecular complexity index is 1140. The summed E-state index contributed by atoms with van der Waals surface area (Å²) in [4.78, 5) is 16.1. The van der Waals surface area contributed by atoms with Crippen molar-refractivity contribution in [2.24, 2.45) is 0 Å². The molecule has 156 valence electrons. The molecule has 2 amide bonds. The molecule has 0 spiro atoms. The van der Waals surface area contributed by atoms with E-state index in [9.17, 15) is 18.0 Å². The van der Waals surface area contributed by atoms with Crippen LogP contribution in [0.2, 0.25) is 19.6 Å². The summed E-state index contributed by atoms with van der Waals surface area (Å²) >= 11 is 0. The molecule has 3 rings (SSSR count). The van der Waals surface area contributed by atoms with E-state index in [1.54, 1.807) is 29.7 Å². The number of benzene rings is 1. The first-order valence-corrected chi connectivity index (χ1v) is 12.7. The summed E-state index contributed by atoms with van der Waals surface area (Å²) in [5.41, 5.74) is 6.86. The maximum absolute atomic E-state index is 12.2. The monoisotopic (exact) mass is 430 g/mol. The second kappa shape index (κ2) is 8.24. The van der Waals surface area contributed by atoms with Gasteiger partial charge in [-0.2, -0.15) is 13.2 Å². The van der Waals surface area contributed by atoms with E-state index in [2.05, 4.69) is 41.4 Å². The van der Waals surface area contributed by atoms with Crippen LogP contribution >= 0.6 is 0 Å². The molecule has 0 unspecified atom stereocenters. The van der Waals surface area contributed by atoms with Gasteiger partial charge in [-0.3, -0.25) is 4.40 Å². The van der Waals surface area contributed by atoms with Crippen LogP contribution < -0.4 is 10.6 Å². The van der Waals surface area contributed by atoms with Gasteiger partial charge in [-0.25, -0.2) is 9.78 Å². The molecule has 0 aliphatic carbocycles. The molecule has 0 aliphatic heterocycles. The number of carbonyl (C=O) groups is 1. The van der Waals surface area contributed by atoms with Crippen LogP contribution in [0.5, 0.6) is 0 Å². The third kappa shape index (κ3) is 5.87. The number of pyridine rings is 1. The van der Waals surface area contributed by atoms with Crippen LogP contribution in [0.3, 0.4) is 0 Å². The number of nitrogens with zero attached hydrogens (tertiary/aromatic N) is 2. The maximum Gasteiger partial charge on any atom is 0.405 e. The smallest absolute Gasteiger partial charge is 0.329 e. The van der Waals surface area contributed by atoms with Gasteiger partial charge in [-0.1, -0.05) is 37.7 Å². The predicted octanol–water partition coefficient (Wildman–Crippen LogP) is 4.91. The Morgan fingerprint density at radius 1 is 1.20 bits per heavy atom. The Hall–Kier alpha value is -3.25. The average molecular weight is 431 g/mol. The molecule has 2 N–H and O–H groups in total. The van der Waals surface area contributed by atoms with Gasteiger partial charge >= 0.3 is 12.2 Å². The molecular weight excluding hydrogens is 409 g/mol. The fourth-order valence-corrected chi connectivity index (χ4v) is 3.16. The lowest BCUT2D eigenvalue weighted by Crippen LogP contribution is -2.36. The minimum atomic E-state index is -4.46. The second-order valence-corrected chi connectivity index (χ2v) is 12.5. The first-order chi connectivity index (χ1) is 14.0. The van der Waals surface area contributed by atoms with Crippen molar-refractivity contribution in [2.75, 3.05) is 11.9 Å². The number of halogens is 3. The SMILES string of the molecule is C[Si](C)(C)C#Cc1ccn2c(-c3cccc(NC(=O)NCC(F)(F)F)c3)cnc2c1. The summed E-state index contributed by atoms with van der Waals surface area (Å²) < 4.78 is 38.6. The van der Waals surface area contributed by atoms with E-state index in [0.29, 0.717) is 5.69 Å². The molecule has 0 radical (unpaired) electrons. The Kier molecular flexibility index (Phi) is 5.89. The minimum absolute atomic E-state index is 0.375. The van der Waals surface area contributed by atoms with Crippen molar-refractivity contribution >= 4 is 25.4 Å². The number of anilines is 1. The summed E-state index contributed by atoms with van der Waals surface area (Å²) in [6.45, 7) is 5.14. The van der Waals surface area contributed by atoms with Crippen LogP contribution in [0.4, 0.5) is 23.7 Å². The van der Waals surface area contributed by atoms with Crippen LogP contribution in [-0.2, 0) is 0 Å². The van der Waals surface area contributed by atoms with E-state index in [-0.39, 0.29) is 0 Å². The van der Waals surface area contributed by atoms with Gasteiger partial charge in [0.25, 0.3) is 0 Å². The van der Waals surface area contributed by atoms with Crippen LogP contribution in [-0.4, -0.2) is 36.2 Å². The minimum Gasteiger partial charge on any atom is -0.329 e. The molecule has 0 aliphatic rings. The quantitative estimate of drug-likeness (QED) is 0.458. The zero-order valence-electron chi connectivity index (χ0n) is 16.8. The number of amides is 2. The van der Waals surface area contributed by atoms with Crippen LogP contribution in [0.25, 0.3) is 16.9 Å². The number of hydrogen-bond donors (Lipinski definition) is 2. The molecule has 1 aromatic carbocycles. The van der Waals surface area contributed by atoms with Gasteiger partial charge in [-0.05, 0) is 24.3 Å². The van der Waals surface area contributed by atoms with Crippen molar-refractivity contribution in [3.63, 3.8) is 0 Å². The number of carbonyl (C=O) groups excluding carboxylic acids is 1. The molecule has 3 aromatic rings. The number of hydrogen-bond acceptors (Lipinski definition) is 2. The van der Waals surface area contributed by atoms with Gasteiger partial charge in [0.1, 0.15) is 20.3 Å². The largest absolute Gasteiger partial charge is 0.405 e. The maximum atomic E-state index is 12.2. The number of imidazole rings is 1. The number of aromatic nitrogens is 2. The van der Waals surface area contributed by atoms with Crippen molar-refractivity contribution in [2.45, 2.75) is 25.8 Å². The Morgan fingerprint density at radius 3 is 2.67 bits per heavy atom. The van der Waals surface area contributed by atoms with E-state index in [0.717, 1.165) is 22.5 Å². The number of urea groups is 1. The molecule has 0 bridgehead atoms. The van der Waals surface area contributed by atoms with Crippen molar-refractivity contribution in [1.82, 2.24) is 14.7 Å². The summed E-state index contributed by atoms with van der Waals surface area (Å²) in [5.74, 6) is 3.20. The molecule has 9 heteroatoms. The Morgan fingerprint density at radius 2 is 1.97 bits per heavy atom. The molecule has 2 heterocycles. The van der Waals surface area contributed by atoms with E-state index < -0.39 is 26.8 Å². The fraction of sp³-hybridized carbons (Fsp3) is 0.238. The normalized spacial score (nSPS) is 11.7. The number of nitrogens with one attached hydrogen (secondary N) is 2. The van der Waals surface area contributed by atoms with Gasteiger partial charge in [0.15, 0.2) is 0 Å². The molecule has 5 nitrogen and oxygen atoms in total. The number of rotatable bonds is 3. The summed E-state index contributed by atoms with van der Waals surface area (Å²) in [6.07, 6.45) is -0.885. The van der Waals surface area contributed by atoms with E-state index in [1.807, 2.05) is 28.8 Å². The third-order valence-corrected chi connectivity index (χ3v) is 4.84. The Labute approximate surface area is 173 Å². The molecule has 2 aromatic heterocycles. The highest BCUT2D eigenvalue weighted by molar-refractivity contribution is 6.83. The fourth-order valence-electron chi connectivity index (χ4n) is 2.64. The van der Waals surface area contributed by atoms with E-state index >= 15 is 0 Å². The third-order valence-electron chi connectivity index (χ3n) is 3.96. The van der Waals surface area contributed by atoms with Crippen LogP contribution in [0, 0.1) is 11.5 Å².